The van der Waals surface area contributed by atoms with Crippen LogP contribution in [-0.4, -0.2) is 52.9 Å². The standard InChI is InChI=1S/C19H16O7/c20-14(17-15(21)16(22)19(24)26-17)10-25-18(23)13-8-6-12(7-9-13)11-4-2-1-3-5-11/h1-9,14,16-17,20,22H,10H2. The van der Waals surface area contributed by atoms with E-state index in [1.165, 1.54) is 0 Å². The second kappa shape index (κ2) is 7.47. The minimum atomic E-state index is -1.91. The molecule has 3 rings (SSSR count). The Hall–Kier alpha value is -3.03. The van der Waals surface area contributed by atoms with E-state index in [4.69, 9.17) is 4.74 Å². The molecule has 1 saturated heterocycles. The Morgan fingerprint density at radius 3 is 2.23 bits per heavy atom. The predicted molar refractivity (Wildman–Crippen MR) is 89.1 cm³/mol. The highest BCUT2D eigenvalue weighted by atomic mass is 16.6. The molecule has 0 amide bonds. The second-order valence-corrected chi connectivity index (χ2v) is 5.77. The zero-order chi connectivity index (χ0) is 18.7. The zero-order valence-electron chi connectivity index (χ0n) is 13.6. The molecule has 1 aliphatic rings. The van der Waals surface area contributed by atoms with Gasteiger partial charge in [-0.05, 0) is 23.3 Å². The summed E-state index contributed by atoms with van der Waals surface area (Å²) in [7, 11) is 0. The number of cyclic esters (lactones) is 1. The first kappa shape index (κ1) is 17.8. The van der Waals surface area contributed by atoms with Crippen LogP contribution >= 0.6 is 0 Å². The summed E-state index contributed by atoms with van der Waals surface area (Å²) in [6.07, 6.45) is -4.99. The fourth-order valence-electron chi connectivity index (χ4n) is 2.55. The monoisotopic (exact) mass is 356 g/mol. The summed E-state index contributed by atoms with van der Waals surface area (Å²) in [6.45, 7) is -0.546. The molecule has 0 aromatic heterocycles. The summed E-state index contributed by atoms with van der Waals surface area (Å²) in [4.78, 5) is 34.7. The van der Waals surface area contributed by atoms with Crippen molar-refractivity contribution in [1.82, 2.24) is 0 Å². The Balaban J connectivity index is 1.58. The van der Waals surface area contributed by atoms with Crippen LogP contribution in [0.2, 0.25) is 0 Å². The van der Waals surface area contributed by atoms with Gasteiger partial charge in [0, 0.05) is 0 Å². The van der Waals surface area contributed by atoms with Crippen molar-refractivity contribution in [3.8, 4) is 11.1 Å². The highest BCUT2D eigenvalue weighted by molar-refractivity contribution is 6.09. The third-order valence-corrected chi connectivity index (χ3v) is 3.98. The second-order valence-electron chi connectivity index (χ2n) is 5.77. The number of aliphatic hydroxyl groups is 2. The Labute approximate surface area is 148 Å². The number of hydrogen-bond acceptors (Lipinski definition) is 7. The smallest absolute Gasteiger partial charge is 0.343 e. The lowest BCUT2D eigenvalue weighted by molar-refractivity contribution is -0.151. The van der Waals surface area contributed by atoms with Gasteiger partial charge < -0.3 is 19.7 Å². The topological polar surface area (TPSA) is 110 Å². The van der Waals surface area contributed by atoms with Crippen molar-refractivity contribution in [1.29, 1.82) is 0 Å². The highest BCUT2D eigenvalue weighted by Crippen LogP contribution is 2.20. The molecular formula is C19H16O7. The molecular weight excluding hydrogens is 340 g/mol. The molecule has 2 aromatic rings. The lowest BCUT2D eigenvalue weighted by Gasteiger charge is -2.15. The van der Waals surface area contributed by atoms with Crippen molar-refractivity contribution in [3.05, 3.63) is 60.2 Å². The van der Waals surface area contributed by atoms with Crippen molar-refractivity contribution >= 4 is 17.7 Å². The van der Waals surface area contributed by atoms with Crippen LogP contribution in [0.5, 0.6) is 0 Å². The van der Waals surface area contributed by atoms with E-state index in [0.29, 0.717) is 0 Å². The van der Waals surface area contributed by atoms with Crippen LogP contribution in [0.25, 0.3) is 11.1 Å². The van der Waals surface area contributed by atoms with Gasteiger partial charge in [0.25, 0.3) is 0 Å². The average Bonchev–Trinajstić information content (AvgIpc) is 2.94. The molecule has 0 saturated carbocycles. The van der Waals surface area contributed by atoms with E-state index >= 15 is 0 Å². The van der Waals surface area contributed by atoms with Crippen LogP contribution < -0.4 is 0 Å². The third kappa shape index (κ3) is 3.63. The summed E-state index contributed by atoms with van der Waals surface area (Å²) < 4.78 is 9.52. The van der Waals surface area contributed by atoms with Crippen molar-refractivity contribution in [3.63, 3.8) is 0 Å². The van der Waals surface area contributed by atoms with Crippen LogP contribution in [0.15, 0.2) is 54.6 Å². The van der Waals surface area contributed by atoms with Crippen molar-refractivity contribution < 1.29 is 34.1 Å². The molecule has 0 aliphatic carbocycles. The fourth-order valence-corrected chi connectivity index (χ4v) is 2.55. The van der Waals surface area contributed by atoms with E-state index in [0.717, 1.165) is 11.1 Å². The maximum atomic E-state index is 12.0. The summed E-state index contributed by atoms with van der Waals surface area (Å²) in [5, 5.41) is 19.1. The molecule has 134 valence electrons. The van der Waals surface area contributed by atoms with Gasteiger partial charge in [-0.25, -0.2) is 9.59 Å². The van der Waals surface area contributed by atoms with Gasteiger partial charge in [0.05, 0.1) is 5.56 Å². The molecule has 2 aromatic carbocycles. The van der Waals surface area contributed by atoms with Crippen LogP contribution in [0.4, 0.5) is 0 Å². The number of carbonyl (C=O) groups is 3. The van der Waals surface area contributed by atoms with E-state index in [-0.39, 0.29) is 5.56 Å². The maximum absolute atomic E-state index is 12.0. The maximum Gasteiger partial charge on any atom is 0.343 e. The fraction of sp³-hybridized carbons (Fsp3) is 0.211. The first-order valence-corrected chi connectivity index (χ1v) is 7.90. The Morgan fingerprint density at radius 1 is 1.04 bits per heavy atom. The number of ketones is 1. The summed E-state index contributed by atoms with van der Waals surface area (Å²) in [5.41, 5.74) is 2.20. The quantitative estimate of drug-likeness (QED) is 0.600. The number of Topliss-reactive ketones (excluding diaryl/α,β-unsaturated/α-hetero) is 1. The van der Waals surface area contributed by atoms with Crippen molar-refractivity contribution in [2.75, 3.05) is 6.61 Å². The van der Waals surface area contributed by atoms with Gasteiger partial charge in [-0.15, -0.1) is 0 Å². The van der Waals surface area contributed by atoms with E-state index in [1.54, 1.807) is 24.3 Å². The molecule has 7 nitrogen and oxygen atoms in total. The molecule has 1 aliphatic heterocycles. The lowest BCUT2D eigenvalue weighted by atomic mass is 10.0. The molecule has 0 radical (unpaired) electrons. The number of rotatable bonds is 5. The van der Waals surface area contributed by atoms with Crippen LogP contribution in [0.1, 0.15) is 10.4 Å². The Bertz CT molecular complexity index is 814. The molecule has 0 spiro atoms. The number of benzene rings is 2. The Morgan fingerprint density at radius 2 is 1.65 bits per heavy atom. The molecule has 7 heteroatoms. The SMILES string of the molecule is O=C(OCC(O)C1OC(=O)C(O)C1=O)c1ccc(-c2ccccc2)cc1. The zero-order valence-corrected chi connectivity index (χ0v) is 13.6. The summed E-state index contributed by atoms with van der Waals surface area (Å²) in [5.74, 6) is -2.77. The molecule has 1 heterocycles. The van der Waals surface area contributed by atoms with E-state index < -0.39 is 42.6 Å². The van der Waals surface area contributed by atoms with Crippen molar-refractivity contribution in [2.24, 2.45) is 0 Å². The normalized spacial score (nSPS) is 20.5. The molecule has 0 bridgehead atoms. The van der Waals surface area contributed by atoms with Crippen LogP contribution in [0.3, 0.4) is 0 Å². The van der Waals surface area contributed by atoms with Gasteiger partial charge in [0.1, 0.15) is 12.7 Å². The Kier molecular flexibility index (Phi) is 5.11. The van der Waals surface area contributed by atoms with Gasteiger partial charge >= 0.3 is 11.9 Å². The van der Waals surface area contributed by atoms with E-state index in [9.17, 15) is 24.6 Å². The largest absolute Gasteiger partial charge is 0.459 e. The molecule has 3 unspecified atom stereocenters. The van der Waals surface area contributed by atoms with Crippen LogP contribution in [-0.2, 0) is 19.1 Å². The number of esters is 2. The number of aliphatic hydroxyl groups excluding tert-OH is 2. The van der Waals surface area contributed by atoms with Gasteiger partial charge in [0.15, 0.2) is 6.10 Å². The van der Waals surface area contributed by atoms with Gasteiger partial charge in [-0.2, -0.15) is 0 Å². The first-order chi connectivity index (χ1) is 12.5. The average molecular weight is 356 g/mol. The van der Waals surface area contributed by atoms with Gasteiger partial charge in [-0.3, -0.25) is 4.79 Å². The minimum absolute atomic E-state index is 0.270. The number of ether oxygens (including phenoxy) is 2. The van der Waals surface area contributed by atoms with E-state index in [2.05, 4.69) is 4.74 Å². The lowest BCUT2D eigenvalue weighted by Crippen LogP contribution is -2.38. The highest BCUT2D eigenvalue weighted by Gasteiger charge is 2.46. The van der Waals surface area contributed by atoms with Crippen molar-refractivity contribution in [2.45, 2.75) is 18.3 Å². The molecule has 1 fully saturated rings. The minimum Gasteiger partial charge on any atom is -0.459 e. The summed E-state index contributed by atoms with van der Waals surface area (Å²) in [6, 6.07) is 16.3. The van der Waals surface area contributed by atoms with Gasteiger partial charge in [-0.1, -0.05) is 42.5 Å². The third-order valence-electron chi connectivity index (χ3n) is 3.98. The summed E-state index contributed by atoms with van der Waals surface area (Å²) >= 11 is 0. The number of hydrogen-bond donors (Lipinski definition) is 2. The first-order valence-electron chi connectivity index (χ1n) is 7.90. The van der Waals surface area contributed by atoms with Crippen LogP contribution in [0, 0.1) is 0 Å². The van der Waals surface area contributed by atoms with Gasteiger partial charge in [0.2, 0.25) is 11.9 Å². The molecule has 3 atom stereocenters. The van der Waals surface area contributed by atoms with E-state index in [1.807, 2.05) is 30.3 Å². The molecule has 2 N–H and O–H groups in total. The predicted octanol–water partition coefficient (Wildman–Crippen LogP) is 0.727. The molecule has 26 heavy (non-hydrogen) atoms. The number of carbonyl (C=O) groups excluding carboxylic acids is 3.